The van der Waals surface area contributed by atoms with Crippen molar-refractivity contribution in [2.24, 2.45) is 0 Å². The number of aromatic nitrogens is 5. The predicted molar refractivity (Wildman–Crippen MR) is 142 cm³/mol. The largest absolute Gasteiger partial charge is 0.467 e. The number of pyridine rings is 1. The summed E-state index contributed by atoms with van der Waals surface area (Å²) < 4.78 is 9.45. The molecule has 8 heteroatoms. The summed E-state index contributed by atoms with van der Waals surface area (Å²) in [4.78, 5) is 25.3. The number of benzene rings is 2. The molecule has 6 aromatic rings. The third kappa shape index (κ3) is 4.16. The number of furan rings is 1. The fourth-order valence-electron chi connectivity index (χ4n) is 4.74. The lowest BCUT2D eigenvalue weighted by molar-refractivity contribution is 0.0782. The number of carbonyl (C=O) groups excluding carboxylic acids is 1. The van der Waals surface area contributed by atoms with Gasteiger partial charge in [-0.05, 0) is 37.3 Å². The summed E-state index contributed by atoms with van der Waals surface area (Å²) >= 11 is 0. The molecule has 0 saturated carbocycles. The van der Waals surface area contributed by atoms with Gasteiger partial charge in [0.05, 0.1) is 46.7 Å². The van der Waals surface area contributed by atoms with E-state index < -0.39 is 0 Å². The summed E-state index contributed by atoms with van der Waals surface area (Å²) in [5, 5.41) is 5.26. The minimum Gasteiger partial charge on any atom is -0.467 e. The number of fused-ring (bicyclic) bond motifs is 2. The summed E-state index contributed by atoms with van der Waals surface area (Å²) in [5.74, 6) is 1.50. The lowest BCUT2D eigenvalue weighted by Crippen LogP contribution is -2.28. The number of hydrogen-bond donors (Lipinski definition) is 0. The molecular weight excluding hydrogens is 464 g/mol. The monoisotopic (exact) mass is 490 g/mol. The van der Waals surface area contributed by atoms with Crippen LogP contribution in [0, 0.1) is 0 Å². The van der Waals surface area contributed by atoms with Crippen LogP contribution in [0.4, 0.5) is 0 Å². The van der Waals surface area contributed by atoms with Gasteiger partial charge in [-0.1, -0.05) is 42.5 Å². The summed E-state index contributed by atoms with van der Waals surface area (Å²) in [6, 6.07) is 23.5. The Morgan fingerprint density at radius 3 is 2.59 bits per heavy atom. The van der Waals surface area contributed by atoms with Crippen LogP contribution in [0.3, 0.4) is 0 Å². The lowest BCUT2D eigenvalue weighted by atomic mass is 10.1. The van der Waals surface area contributed by atoms with E-state index in [0.29, 0.717) is 35.4 Å². The second-order valence-electron chi connectivity index (χ2n) is 8.96. The number of nitrogens with zero attached hydrogens (tertiary/aromatic N) is 6. The Kier molecular flexibility index (Phi) is 5.76. The average Bonchev–Trinajstić information content (AvgIpc) is 3.67. The van der Waals surface area contributed by atoms with Gasteiger partial charge in [0, 0.05) is 19.2 Å². The Morgan fingerprint density at radius 2 is 1.81 bits per heavy atom. The van der Waals surface area contributed by atoms with E-state index >= 15 is 0 Å². The van der Waals surface area contributed by atoms with Gasteiger partial charge in [-0.15, -0.1) is 0 Å². The fourth-order valence-corrected chi connectivity index (χ4v) is 4.74. The normalized spacial score (nSPS) is 11.4. The molecule has 0 saturated heterocycles. The van der Waals surface area contributed by atoms with E-state index in [2.05, 4.69) is 22.7 Å². The molecule has 0 bridgehead atoms. The molecule has 2 aromatic carbocycles. The third-order valence-electron chi connectivity index (χ3n) is 6.57. The molecule has 0 radical (unpaired) electrons. The van der Waals surface area contributed by atoms with Gasteiger partial charge in [0.2, 0.25) is 0 Å². The minimum absolute atomic E-state index is 0.114. The Labute approximate surface area is 213 Å². The molecule has 37 heavy (non-hydrogen) atoms. The van der Waals surface area contributed by atoms with Gasteiger partial charge in [0.1, 0.15) is 18.1 Å². The van der Waals surface area contributed by atoms with Crippen LogP contribution >= 0.6 is 0 Å². The Hall–Kier alpha value is -4.72. The quantitative estimate of drug-likeness (QED) is 0.300. The van der Waals surface area contributed by atoms with Crippen molar-refractivity contribution in [2.75, 3.05) is 7.05 Å². The van der Waals surface area contributed by atoms with E-state index in [1.165, 1.54) is 0 Å². The Bertz CT molecular complexity index is 1700. The molecule has 0 unspecified atom stereocenters. The highest BCUT2D eigenvalue weighted by Crippen LogP contribution is 2.27. The first kappa shape index (κ1) is 22.7. The second kappa shape index (κ2) is 9.39. The number of hydrogen-bond acceptors (Lipinski definition) is 5. The number of para-hydroxylation sites is 2. The van der Waals surface area contributed by atoms with E-state index in [1.54, 1.807) is 22.0 Å². The maximum absolute atomic E-state index is 13.9. The summed E-state index contributed by atoms with van der Waals surface area (Å²) in [6.07, 6.45) is 3.35. The van der Waals surface area contributed by atoms with Crippen molar-refractivity contribution in [3.05, 3.63) is 102 Å². The third-order valence-corrected chi connectivity index (χ3v) is 6.57. The van der Waals surface area contributed by atoms with Crippen LogP contribution < -0.4 is 0 Å². The van der Waals surface area contributed by atoms with Crippen LogP contribution in [0.5, 0.6) is 0 Å². The molecule has 0 N–H and O–H groups in total. The molecular formula is C29H26N6O2. The topological polar surface area (TPSA) is 82.0 Å². The maximum Gasteiger partial charge on any atom is 0.254 e. The molecule has 184 valence electrons. The smallest absolute Gasteiger partial charge is 0.254 e. The zero-order valence-corrected chi connectivity index (χ0v) is 20.7. The number of amides is 1. The molecule has 0 aliphatic rings. The highest BCUT2D eigenvalue weighted by Gasteiger charge is 2.22. The predicted octanol–water partition coefficient (Wildman–Crippen LogP) is 5.38. The number of carbonyl (C=O) groups is 1. The van der Waals surface area contributed by atoms with Crippen LogP contribution in [0.15, 0.2) is 89.7 Å². The van der Waals surface area contributed by atoms with Crippen molar-refractivity contribution >= 4 is 28.0 Å². The first-order valence-electron chi connectivity index (χ1n) is 12.3. The van der Waals surface area contributed by atoms with Gasteiger partial charge >= 0.3 is 0 Å². The molecule has 4 heterocycles. The van der Waals surface area contributed by atoms with Crippen LogP contribution in [-0.4, -0.2) is 42.2 Å². The van der Waals surface area contributed by atoms with E-state index in [9.17, 15) is 4.79 Å². The van der Waals surface area contributed by atoms with Gasteiger partial charge in [-0.25, -0.2) is 14.6 Å². The molecule has 0 spiro atoms. The first-order chi connectivity index (χ1) is 18.1. The molecule has 8 nitrogen and oxygen atoms in total. The maximum atomic E-state index is 13.9. The van der Waals surface area contributed by atoms with E-state index in [-0.39, 0.29) is 5.91 Å². The minimum atomic E-state index is -0.114. The molecule has 0 aliphatic carbocycles. The van der Waals surface area contributed by atoms with Gasteiger partial charge in [-0.2, -0.15) is 5.10 Å². The molecule has 1 amide bonds. The zero-order valence-electron chi connectivity index (χ0n) is 20.7. The zero-order chi connectivity index (χ0) is 25.4. The van der Waals surface area contributed by atoms with Gasteiger partial charge in [-0.3, -0.25) is 4.79 Å². The van der Waals surface area contributed by atoms with Crippen molar-refractivity contribution in [3.63, 3.8) is 0 Å². The van der Waals surface area contributed by atoms with Crippen molar-refractivity contribution in [1.82, 2.24) is 29.2 Å². The number of imidazole rings is 1. The average molecular weight is 491 g/mol. The lowest BCUT2D eigenvalue weighted by Gasteiger charge is -2.18. The molecule has 6 rings (SSSR count). The Balaban J connectivity index is 1.41. The van der Waals surface area contributed by atoms with Crippen molar-refractivity contribution in [3.8, 4) is 11.3 Å². The van der Waals surface area contributed by atoms with Crippen LogP contribution in [0.1, 0.15) is 28.9 Å². The highest BCUT2D eigenvalue weighted by molar-refractivity contribution is 6.06. The number of rotatable bonds is 7. The Morgan fingerprint density at radius 1 is 1.00 bits per heavy atom. The highest BCUT2D eigenvalue weighted by atomic mass is 16.3. The van der Waals surface area contributed by atoms with E-state index in [4.69, 9.17) is 14.4 Å². The molecule has 0 aliphatic heterocycles. The SMILES string of the molecule is CCn1c(CN(C)C(=O)c2cc(-c3ccccc3)nc3c2cnn3Cc2ccco2)nc2ccccc21. The van der Waals surface area contributed by atoms with Crippen molar-refractivity contribution < 1.29 is 9.21 Å². The molecule has 4 aromatic heterocycles. The summed E-state index contributed by atoms with van der Waals surface area (Å²) in [5.41, 5.74) is 4.83. The van der Waals surface area contributed by atoms with Crippen molar-refractivity contribution in [2.45, 2.75) is 26.6 Å². The molecule has 0 atom stereocenters. The summed E-state index contributed by atoms with van der Waals surface area (Å²) in [7, 11) is 1.81. The van der Waals surface area contributed by atoms with Gasteiger partial charge in [0.25, 0.3) is 5.91 Å². The van der Waals surface area contributed by atoms with E-state index in [0.717, 1.165) is 34.7 Å². The van der Waals surface area contributed by atoms with Gasteiger partial charge < -0.3 is 13.9 Å². The van der Waals surface area contributed by atoms with Crippen LogP contribution in [0.2, 0.25) is 0 Å². The van der Waals surface area contributed by atoms with Crippen molar-refractivity contribution in [1.29, 1.82) is 0 Å². The van der Waals surface area contributed by atoms with E-state index in [1.807, 2.05) is 73.8 Å². The second-order valence-corrected chi connectivity index (χ2v) is 8.96. The fraction of sp³-hybridized carbons (Fsp3) is 0.172. The summed E-state index contributed by atoms with van der Waals surface area (Å²) in [6.45, 7) is 3.67. The number of aryl methyl sites for hydroxylation is 1. The van der Waals surface area contributed by atoms with Crippen LogP contribution in [0.25, 0.3) is 33.3 Å². The van der Waals surface area contributed by atoms with Gasteiger partial charge in [0.15, 0.2) is 5.65 Å². The molecule has 0 fully saturated rings. The first-order valence-corrected chi connectivity index (χ1v) is 12.3. The van der Waals surface area contributed by atoms with Crippen LogP contribution in [-0.2, 0) is 19.6 Å². The standard InChI is InChI=1S/C29H26N6O2/c1-3-34-26-14-8-7-13-24(26)31-27(34)19-33(2)29(36)22-16-25(20-10-5-4-6-11-20)32-28-23(22)17-30-35(28)18-21-12-9-15-37-21/h4-17H,3,18-19H2,1-2H3.